The van der Waals surface area contributed by atoms with Crippen molar-refractivity contribution in [3.8, 4) is 11.5 Å². The highest BCUT2D eigenvalue weighted by molar-refractivity contribution is 5.76. The van der Waals surface area contributed by atoms with Crippen LogP contribution in [0.5, 0.6) is 11.5 Å². The zero-order chi connectivity index (χ0) is 18.2. The molecule has 4 nitrogen and oxygen atoms in total. The molecule has 2 aromatic carbocycles. The van der Waals surface area contributed by atoms with Crippen molar-refractivity contribution >= 4 is 5.91 Å². The number of carbonyl (C=O) groups is 1. The minimum absolute atomic E-state index is 0.0500. The lowest BCUT2D eigenvalue weighted by Crippen LogP contribution is -2.28. The highest BCUT2D eigenvalue weighted by atomic mass is 19.1. The van der Waals surface area contributed by atoms with Gasteiger partial charge in [-0.05, 0) is 48.2 Å². The summed E-state index contributed by atoms with van der Waals surface area (Å²) in [5, 5.41) is 3.03. The fourth-order valence-electron chi connectivity index (χ4n) is 2.65. The molecule has 5 heteroatoms. The summed E-state index contributed by atoms with van der Waals surface area (Å²) in [6.07, 6.45) is 1.57. The van der Waals surface area contributed by atoms with E-state index >= 15 is 0 Å². The second-order valence-electron chi connectivity index (χ2n) is 5.77. The predicted molar refractivity (Wildman–Crippen MR) is 95.4 cm³/mol. The monoisotopic (exact) mass is 345 g/mol. The second-order valence-corrected chi connectivity index (χ2v) is 5.77. The van der Waals surface area contributed by atoms with Crippen LogP contribution in [0.1, 0.15) is 36.9 Å². The molecule has 0 radical (unpaired) electrons. The fraction of sp³-hybridized carbons (Fsp3) is 0.350. The minimum Gasteiger partial charge on any atom is -0.497 e. The molecule has 1 N–H and O–H groups in total. The Bertz CT molecular complexity index is 701. The van der Waals surface area contributed by atoms with Crippen molar-refractivity contribution in [1.29, 1.82) is 0 Å². The van der Waals surface area contributed by atoms with Crippen molar-refractivity contribution in [2.45, 2.75) is 32.2 Å². The first-order chi connectivity index (χ1) is 12.1. The maximum atomic E-state index is 13.7. The van der Waals surface area contributed by atoms with E-state index in [1.165, 1.54) is 13.2 Å². The number of hydrogen-bond donors (Lipinski definition) is 1. The number of amides is 1. The molecule has 0 fully saturated rings. The molecule has 0 aliphatic carbocycles. The van der Waals surface area contributed by atoms with Crippen molar-refractivity contribution < 1.29 is 18.7 Å². The number of rotatable bonds is 8. The fourth-order valence-corrected chi connectivity index (χ4v) is 2.65. The van der Waals surface area contributed by atoms with Crippen molar-refractivity contribution in [2.75, 3.05) is 14.2 Å². The summed E-state index contributed by atoms with van der Waals surface area (Å²) in [6.45, 7) is 2.02. The number of methoxy groups -OCH3 is 2. The van der Waals surface area contributed by atoms with Gasteiger partial charge in [-0.1, -0.05) is 25.1 Å². The minimum atomic E-state index is -0.412. The zero-order valence-electron chi connectivity index (χ0n) is 14.8. The van der Waals surface area contributed by atoms with Gasteiger partial charge in [0, 0.05) is 6.42 Å². The molecule has 2 aromatic rings. The van der Waals surface area contributed by atoms with Gasteiger partial charge < -0.3 is 14.8 Å². The molecule has 1 unspecified atom stereocenters. The molecule has 1 amide bonds. The van der Waals surface area contributed by atoms with Crippen LogP contribution >= 0.6 is 0 Å². The van der Waals surface area contributed by atoms with Crippen molar-refractivity contribution in [3.63, 3.8) is 0 Å². The number of aryl methyl sites for hydroxylation is 1. The molecule has 1 atom stereocenters. The summed E-state index contributed by atoms with van der Waals surface area (Å²) in [7, 11) is 3.05. The van der Waals surface area contributed by atoms with Crippen molar-refractivity contribution in [1.82, 2.24) is 5.32 Å². The van der Waals surface area contributed by atoms with Crippen LogP contribution in [-0.2, 0) is 11.2 Å². The second kappa shape index (κ2) is 9.06. The number of hydrogen-bond acceptors (Lipinski definition) is 3. The van der Waals surface area contributed by atoms with Gasteiger partial charge in [0.15, 0.2) is 11.6 Å². The van der Waals surface area contributed by atoms with Crippen LogP contribution in [0.4, 0.5) is 4.39 Å². The van der Waals surface area contributed by atoms with Crippen molar-refractivity contribution in [2.24, 2.45) is 0 Å². The maximum Gasteiger partial charge on any atom is 0.220 e. The number of benzene rings is 2. The first kappa shape index (κ1) is 18.8. The van der Waals surface area contributed by atoms with E-state index in [0.29, 0.717) is 12.8 Å². The Morgan fingerprint density at radius 2 is 1.84 bits per heavy atom. The standard InChI is InChI=1S/C20H24FNO3/c1-4-18(15-7-9-16(24-2)10-8-15)22-20(23)12-6-14-5-11-19(25-3)17(21)13-14/h5,7-11,13,18H,4,6,12H2,1-3H3,(H,22,23). The molecule has 0 bridgehead atoms. The molecule has 0 saturated carbocycles. The van der Waals surface area contributed by atoms with Crippen LogP contribution in [0.15, 0.2) is 42.5 Å². The van der Waals surface area contributed by atoms with Crippen LogP contribution in [0.2, 0.25) is 0 Å². The van der Waals surface area contributed by atoms with Gasteiger partial charge in [-0.2, -0.15) is 0 Å². The number of carbonyl (C=O) groups excluding carboxylic acids is 1. The molecular formula is C20H24FNO3. The van der Waals surface area contributed by atoms with Gasteiger partial charge in [0.2, 0.25) is 5.91 Å². The largest absolute Gasteiger partial charge is 0.497 e. The Kier molecular flexibility index (Phi) is 6.81. The highest BCUT2D eigenvalue weighted by Gasteiger charge is 2.13. The van der Waals surface area contributed by atoms with E-state index in [2.05, 4.69) is 5.32 Å². The lowest BCUT2D eigenvalue weighted by atomic mass is 10.0. The molecule has 0 heterocycles. The summed E-state index contributed by atoms with van der Waals surface area (Å²) in [4.78, 5) is 12.2. The SMILES string of the molecule is CCC(NC(=O)CCc1ccc(OC)c(F)c1)c1ccc(OC)cc1. The van der Waals surface area contributed by atoms with Gasteiger partial charge in [0.25, 0.3) is 0 Å². The maximum absolute atomic E-state index is 13.7. The van der Waals surface area contributed by atoms with E-state index in [0.717, 1.165) is 23.3 Å². The average Bonchev–Trinajstić information content (AvgIpc) is 2.64. The number of halogens is 1. The first-order valence-electron chi connectivity index (χ1n) is 8.33. The van der Waals surface area contributed by atoms with Crippen molar-refractivity contribution in [3.05, 3.63) is 59.4 Å². The first-order valence-corrected chi connectivity index (χ1v) is 8.33. The van der Waals surface area contributed by atoms with E-state index in [9.17, 15) is 9.18 Å². The molecule has 0 aliphatic rings. The summed E-state index contributed by atoms with van der Waals surface area (Å²) in [6, 6.07) is 12.4. The lowest BCUT2D eigenvalue weighted by Gasteiger charge is -2.18. The third kappa shape index (κ3) is 5.21. The third-order valence-electron chi connectivity index (χ3n) is 4.12. The normalized spacial score (nSPS) is 11.7. The van der Waals surface area contributed by atoms with E-state index < -0.39 is 5.82 Å². The van der Waals surface area contributed by atoms with Gasteiger partial charge in [0.05, 0.1) is 20.3 Å². The molecule has 25 heavy (non-hydrogen) atoms. The van der Waals surface area contributed by atoms with Gasteiger partial charge in [-0.3, -0.25) is 4.79 Å². The Hall–Kier alpha value is -2.56. The van der Waals surface area contributed by atoms with E-state index in [4.69, 9.17) is 9.47 Å². The predicted octanol–water partition coefficient (Wildman–Crippen LogP) is 4.04. The van der Waals surface area contributed by atoms with Crippen LogP contribution in [0.25, 0.3) is 0 Å². The average molecular weight is 345 g/mol. The summed E-state index contributed by atoms with van der Waals surface area (Å²) < 4.78 is 23.7. The zero-order valence-corrected chi connectivity index (χ0v) is 14.8. The van der Waals surface area contributed by atoms with Crippen LogP contribution in [-0.4, -0.2) is 20.1 Å². The quantitative estimate of drug-likeness (QED) is 0.785. The van der Waals surface area contributed by atoms with Crippen LogP contribution < -0.4 is 14.8 Å². The third-order valence-corrected chi connectivity index (χ3v) is 4.12. The van der Waals surface area contributed by atoms with E-state index in [1.54, 1.807) is 19.2 Å². The molecular weight excluding hydrogens is 321 g/mol. The topological polar surface area (TPSA) is 47.6 Å². The summed E-state index contributed by atoms with van der Waals surface area (Å²) in [5.41, 5.74) is 1.80. The summed E-state index contributed by atoms with van der Waals surface area (Å²) >= 11 is 0. The Morgan fingerprint density at radius 1 is 1.12 bits per heavy atom. The van der Waals surface area contributed by atoms with Gasteiger partial charge in [-0.25, -0.2) is 4.39 Å². The Balaban J connectivity index is 1.92. The molecule has 0 aromatic heterocycles. The van der Waals surface area contributed by atoms with E-state index in [-0.39, 0.29) is 17.7 Å². The number of ether oxygens (including phenoxy) is 2. The van der Waals surface area contributed by atoms with Gasteiger partial charge >= 0.3 is 0 Å². The van der Waals surface area contributed by atoms with E-state index in [1.807, 2.05) is 31.2 Å². The van der Waals surface area contributed by atoms with Gasteiger partial charge in [0.1, 0.15) is 5.75 Å². The van der Waals surface area contributed by atoms with Crippen LogP contribution in [0, 0.1) is 5.82 Å². The molecule has 0 aliphatic heterocycles. The highest BCUT2D eigenvalue weighted by Crippen LogP contribution is 2.21. The molecule has 0 spiro atoms. The Labute approximate surface area is 148 Å². The molecule has 0 saturated heterocycles. The smallest absolute Gasteiger partial charge is 0.220 e. The summed E-state index contributed by atoms with van der Waals surface area (Å²) in [5.74, 6) is 0.522. The van der Waals surface area contributed by atoms with Crippen LogP contribution in [0.3, 0.4) is 0 Å². The molecule has 134 valence electrons. The number of nitrogens with one attached hydrogen (secondary N) is 1. The lowest BCUT2D eigenvalue weighted by molar-refractivity contribution is -0.121. The molecule has 2 rings (SSSR count). The van der Waals surface area contributed by atoms with Gasteiger partial charge in [-0.15, -0.1) is 0 Å². The Morgan fingerprint density at radius 3 is 2.40 bits per heavy atom.